The first-order valence-corrected chi connectivity index (χ1v) is 7.05. The van der Waals surface area contributed by atoms with Crippen molar-refractivity contribution in [2.45, 2.75) is 18.6 Å². The molecule has 0 radical (unpaired) electrons. The minimum atomic E-state index is -2.19. The van der Waals surface area contributed by atoms with Crippen LogP contribution in [0.4, 0.5) is 0 Å². The van der Waals surface area contributed by atoms with Crippen LogP contribution in [0.1, 0.15) is 24.2 Å². The maximum absolute atomic E-state index is 12.3. The lowest BCUT2D eigenvalue weighted by Crippen LogP contribution is -2.48. The van der Waals surface area contributed by atoms with E-state index in [1.165, 1.54) is 0 Å². The third-order valence-corrected chi connectivity index (χ3v) is 3.58. The Morgan fingerprint density at radius 2 is 1.57 bits per heavy atom. The van der Waals surface area contributed by atoms with Crippen LogP contribution < -0.4 is 0 Å². The summed E-state index contributed by atoms with van der Waals surface area (Å²) in [6.45, 7) is 0.109. The van der Waals surface area contributed by atoms with E-state index in [0.29, 0.717) is 11.1 Å². The van der Waals surface area contributed by atoms with Gasteiger partial charge in [-0.3, -0.25) is 10.1 Å². The first-order chi connectivity index (χ1) is 11.0. The van der Waals surface area contributed by atoms with Crippen LogP contribution in [0.5, 0.6) is 0 Å². The van der Waals surface area contributed by atoms with Gasteiger partial charge in [0, 0.05) is 11.8 Å². The van der Waals surface area contributed by atoms with Crippen LogP contribution in [-0.4, -0.2) is 28.1 Å². The number of esters is 1. The van der Waals surface area contributed by atoms with Gasteiger partial charge in [-0.1, -0.05) is 60.7 Å². The maximum atomic E-state index is 12.3. The molecule has 2 aromatic rings. The highest BCUT2D eigenvalue weighted by molar-refractivity contribution is 5.79. The zero-order chi connectivity index (χ0) is 16.9. The number of nitro groups is 1. The fourth-order valence-corrected chi connectivity index (χ4v) is 2.01. The molecule has 0 aromatic heterocycles. The molecule has 6 nitrogen and oxygen atoms in total. The number of hydrogen-bond donors (Lipinski definition) is 1. The lowest BCUT2D eigenvalue weighted by atomic mass is 10.0. The van der Waals surface area contributed by atoms with Gasteiger partial charge >= 0.3 is 11.5 Å². The van der Waals surface area contributed by atoms with Gasteiger partial charge in [0.1, 0.15) is 6.61 Å². The molecule has 6 heteroatoms. The Hall–Kier alpha value is -2.73. The number of nitrogens with zero attached hydrogens (tertiary/aromatic N) is 1. The molecule has 0 bridgehead atoms. The Labute approximate surface area is 133 Å². The molecule has 2 rings (SSSR count). The lowest BCUT2D eigenvalue weighted by molar-refractivity contribution is -0.554. The molecule has 23 heavy (non-hydrogen) atoms. The van der Waals surface area contributed by atoms with Gasteiger partial charge in [-0.2, -0.15) is 0 Å². The average Bonchev–Trinajstić information content (AvgIpc) is 2.60. The lowest BCUT2D eigenvalue weighted by Gasteiger charge is -2.23. The van der Waals surface area contributed by atoms with Crippen molar-refractivity contribution in [2.75, 3.05) is 6.61 Å². The highest BCUT2D eigenvalue weighted by Gasteiger charge is 2.48. The van der Waals surface area contributed by atoms with E-state index < -0.39 is 29.1 Å². The van der Waals surface area contributed by atoms with Crippen molar-refractivity contribution in [3.8, 4) is 0 Å². The van der Waals surface area contributed by atoms with Crippen LogP contribution in [0.25, 0.3) is 0 Å². The van der Waals surface area contributed by atoms with E-state index in [1.54, 1.807) is 48.5 Å². The van der Waals surface area contributed by atoms with Crippen molar-refractivity contribution in [1.29, 1.82) is 0 Å². The standard InChI is InChI=1S/C17H17NO5/c1-17(12-19,18(21)22)16(20)23-15(13-8-4-2-5-9-13)14-10-6-3-7-11-14/h2-11,15,19H,12H2,1H3/t17-/m0/s1. The van der Waals surface area contributed by atoms with Crippen molar-refractivity contribution >= 4 is 5.97 Å². The fraction of sp³-hybridized carbons (Fsp3) is 0.235. The predicted octanol–water partition coefficient (Wildman–Crippen LogP) is 2.35. The summed E-state index contributed by atoms with van der Waals surface area (Å²) in [7, 11) is 0. The fourth-order valence-electron chi connectivity index (χ4n) is 2.01. The quantitative estimate of drug-likeness (QED) is 0.502. The molecule has 0 amide bonds. The van der Waals surface area contributed by atoms with Gasteiger partial charge in [-0.15, -0.1) is 0 Å². The Bertz CT molecular complexity index is 634. The summed E-state index contributed by atoms with van der Waals surface area (Å²) < 4.78 is 5.40. The second kappa shape index (κ2) is 7.02. The number of aliphatic hydroxyl groups excluding tert-OH is 1. The van der Waals surface area contributed by atoms with Crippen molar-refractivity contribution in [3.05, 3.63) is 81.9 Å². The Kier molecular flexibility index (Phi) is 5.08. The molecule has 0 unspecified atom stereocenters. The molecule has 120 valence electrons. The second-order valence-electron chi connectivity index (χ2n) is 5.30. The van der Waals surface area contributed by atoms with Gasteiger partial charge in [0.25, 0.3) is 0 Å². The number of benzene rings is 2. The number of ether oxygens (including phenoxy) is 1. The average molecular weight is 315 g/mol. The molecular weight excluding hydrogens is 298 g/mol. The van der Waals surface area contributed by atoms with E-state index in [2.05, 4.69) is 0 Å². The third kappa shape index (κ3) is 3.54. The molecule has 0 aliphatic rings. The van der Waals surface area contributed by atoms with E-state index in [1.807, 2.05) is 12.1 Å². The second-order valence-corrected chi connectivity index (χ2v) is 5.30. The molecule has 0 saturated carbocycles. The van der Waals surface area contributed by atoms with E-state index >= 15 is 0 Å². The molecular formula is C17H17NO5. The number of hydrogen-bond acceptors (Lipinski definition) is 5. The zero-order valence-corrected chi connectivity index (χ0v) is 12.6. The zero-order valence-electron chi connectivity index (χ0n) is 12.6. The van der Waals surface area contributed by atoms with E-state index in [4.69, 9.17) is 4.74 Å². The third-order valence-electron chi connectivity index (χ3n) is 3.58. The van der Waals surface area contributed by atoms with Crippen LogP contribution in [-0.2, 0) is 9.53 Å². The predicted molar refractivity (Wildman–Crippen MR) is 83.3 cm³/mol. The minimum absolute atomic E-state index is 0.690. The van der Waals surface area contributed by atoms with Crippen molar-refractivity contribution < 1.29 is 19.6 Å². The number of aliphatic hydroxyl groups is 1. The number of rotatable bonds is 6. The van der Waals surface area contributed by atoms with Crippen molar-refractivity contribution in [2.24, 2.45) is 0 Å². The largest absolute Gasteiger partial charge is 0.447 e. The molecule has 1 atom stereocenters. The minimum Gasteiger partial charge on any atom is -0.447 e. The molecule has 0 fully saturated rings. The molecule has 2 aromatic carbocycles. The SMILES string of the molecule is C[C@](CO)(C(=O)OC(c1ccccc1)c1ccccc1)[N+](=O)[O-]. The molecule has 0 aliphatic carbocycles. The van der Waals surface area contributed by atoms with Crippen LogP contribution >= 0.6 is 0 Å². The smallest absolute Gasteiger partial charge is 0.387 e. The summed E-state index contributed by atoms with van der Waals surface area (Å²) in [6, 6.07) is 17.9. The molecule has 1 N–H and O–H groups in total. The maximum Gasteiger partial charge on any atom is 0.387 e. The number of carbonyl (C=O) groups is 1. The summed E-state index contributed by atoms with van der Waals surface area (Å²) in [5, 5.41) is 20.3. The molecule has 0 spiro atoms. The van der Waals surface area contributed by atoms with Gasteiger partial charge in [-0.05, 0) is 11.1 Å². The monoisotopic (exact) mass is 315 g/mol. The van der Waals surface area contributed by atoms with E-state index in [0.717, 1.165) is 6.92 Å². The van der Waals surface area contributed by atoms with Crippen LogP contribution in [0, 0.1) is 10.1 Å². The summed E-state index contributed by atoms with van der Waals surface area (Å²) in [4.78, 5) is 22.5. The topological polar surface area (TPSA) is 89.7 Å². The van der Waals surface area contributed by atoms with E-state index in [9.17, 15) is 20.0 Å². The molecule has 0 heterocycles. The van der Waals surface area contributed by atoms with Gasteiger partial charge in [0.05, 0.1) is 0 Å². The molecule has 0 saturated heterocycles. The first-order valence-electron chi connectivity index (χ1n) is 7.05. The summed E-state index contributed by atoms with van der Waals surface area (Å²) in [5.74, 6) is -1.08. The van der Waals surface area contributed by atoms with Gasteiger partial charge in [0.15, 0.2) is 6.10 Å². The highest BCUT2D eigenvalue weighted by atomic mass is 16.6. The number of carbonyl (C=O) groups excluding carboxylic acids is 1. The Balaban J connectivity index is 2.37. The van der Waals surface area contributed by atoms with Crippen molar-refractivity contribution in [3.63, 3.8) is 0 Å². The summed E-state index contributed by atoms with van der Waals surface area (Å²) in [6.07, 6.45) is -0.782. The van der Waals surface area contributed by atoms with Gasteiger partial charge < -0.3 is 9.84 Å². The van der Waals surface area contributed by atoms with E-state index in [-0.39, 0.29) is 0 Å². The van der Waals surface area contributed by atoms with Crippen molar-refractivity contribution in [1.82, 2.24) is 0 Å². The van der Waals surface area contributed by atoms with Crippen LogP contribution in [0.3, 0.4) is 0 Å². The normalized spacial score (nSPS) is 13.3. The summed E-state index contributed by atoms with van der Waals surface area (Å²) in [5.41, 5.74) is -0.812. The molecule has 0 aliphatic heterocycles. The van der Waals surface area contributed by atoms with Crippen LogP contribution in [0.15, 0.2) is 60.7 Å². The summed E-state index contributed by atoms with van der Waals surface area (Å²) >= 11 is 0. The van der Waals surface area contributed by atoms with Gasteiger partial charge in [-0.25, -0.2) is 4.79 Å². The Morgan fingerprint density at radius 3 is 1.91 bits per heavy atom. The van der Waals surface area contributed by atoms with Gasteiger partial charge in [0.2, 0.25) is 0 Å². The van der Waals surface area contributed by atoms with Crippen LogP contribution in [0.2, 0.25) is 0 Å². The highest BCUT2D eigenvalue weighted by Crippen LogP contribution is 2.28. The first kappa shape index (κ1) is 16.6. The Morgan fingerprint density at radius 1 is 1.13 bits per heavy atom.